The van der Waals surface area contributed by atoms with Gasteiger partial charge in [-0.25, -0.2) is 0 Å². The predicted molar refractivity (Wildman–Crippen MR) is 63.6 cm³/mol. The van der Waals surface area contributed by atoms with Crippen molar-refractivity contribution in [1.29, 1.82) is 5.26 Å². The molecule has 1 N–H and O–H groups in total. The molecule has 0 aromatic rings. The van der Waals surface area contributed by atoms with Gasteiger partial charge in [-0.2, -0.15) is 5.26 Å². The van der Waals surface area contributed by atoms with Crippen LogP contribution in [0.2, 0.25) is 0 Å². The molecule has 0 aromatic heterocycles. The Balaban J connectivity index is 5.04. The molecule has 0 heterocycles. The van der Waals surface area contributed by atoms with Crippen molar-refractivity contribution >= 4 is 23.6 Å². The summed E-state index contributed by atoms with van der Waals surface area (Å²) in [6.45, 7) is 3.24. The minimum absolute atomic E-state index is 0.389. The van der Waals surface area contributed by atoms with Crippen LogP contribution in [0.15, 0.2) is 0 Å². The van der Waals surface area contributed by atoms with Gasteiger partial charge in [0.25, 0.3) is 10.8 Å². The van der Waals surface area contributed by atoms with Gasteiger partial charge in [0.15, 0.2) is 0 Å². The Morgan fingerprint density at radius 3 is 2.38 bits per heavy atom. The van der Waals surface area contributed by atoms with E-state index in [1.54, 1.807) is 14.1 Å². The fourth-order valence-corrected chi connectivity index (χ4v) is 2.17. The molecule has 0 aliphatic heterocycles. The van der Waals surface area contributed by atoms with Gasteiger partial charge in [0.2, 0.25) is 5.91 Å². The van der Waals surface area contributed by atoms with Gasteiger partial charge >= 0.3 is 0 Å². The van der Waals surface area contributed by atoms with Crippen molar-refractivity contribution in [3.05, 3.63) is 0 Å². The molecule has 1 atom stereocenters. The monoisotopic (exact) mass is 243 g/mol. The van der Waals surface area contributed by atoms with Gasteiger partial charge < -0.3 is 10.2 Å². The van der Waals surface area contributed by atoms with Crippen LogP contribution in [0, 0.1) is 11.3 Å². The number of likely N-dealkylation sites (N-methyl/N-ethyl adjacent to an activating group) is 1. The van der Waals surface area contributed by atoms with Crippen molar-refractivity contribution in [1.82, 2.24) is 10.2 Å². The lowest BCUT2D eigenvalue weighted by Gasteiger charge is -2.28. The molecule has 0 aliphatic carbocycles. The van der Waals surface area contributed by atoms with Crippen molar-refractivity contribution in [3.8, 4) is 6.07 Å². The second kappa shape index (κ2) is 6.38. The molecule has 0 bridgehead atoms. The first kappa shape index (κ1) is 14.8. The third-order valence-corrected chi connectivity index (χ3v) is 3.15. The van der Waals surface area contributed by atoms with E-state index in [9.17, 15) is 9.59 Å². The van der Waals surface area contributed by atoms with Crippen molar-refractivity contribution in [3.63, 3.8) is 0 Å². The minimum atomic E-state index is -1.49. The lowest BCUT2D eigenvalue weighted by molar-refractivity contribution is -0.133. The Hall–Kier alpha value is -1.22. The fraction of sp³-hybridized carbons (Fsp3) is 0.700. The lowest BCUT2D eigenvalue weighted by Crippen LogP contribution is -2.55. The molecule has 1 unspecified atom stereocenters. The quantitative estimate of drug-likeness (QED) is 0.717. The number of nitriles is 1. The van der Waals surface area contributed by atoms with Gasteiger partial charge in [-0.3, -0.25) is 9.59 Å². The SMILES string of the molecule is CCCSC(C#N)(NC(C)=O)C(=O)N(C)C. The van der Waals surface area contributed by atoms with E-state index in [4.69, 9.17) is 5.26 Å². The Labute approximate surface area is 100 Å². The number of amides is 2. The third kappa shape index (κ3) is 3.74. The second-order valence-electron chi connectivity index (χ2n) is 3.52. The summed E-state index contributed by atoms with van der Waals surface area (Å²) in [6, 6.07) is 1.90. The molecule has 0 aliphatic rings. The largest absolute Gasteiger partial charge is 0.345 e. The average molecular weight is 243 g/mol. The summed E-state index contributed by atoms with van der Waals surface area (Å²) in [6.07, 6.45) is 0.828. The van der Waals surface area contributed by atoms with Crippen LogP contribution >= 0.6 is 11.8 Å². The summed E-state index contributed by atoms with van der Waals surface area (Å²) in [7, 11) is 3.12. The molecule has 0 spiro atoms. The molecular formula is C10H17N3O2S. The summed E-state index contributed by atoms with van der Waals surface area (Å²) in [4.78, 5) is 22.8. The summed E-state index contributed by atoms with van der Waals surface area (Å²) in [5.41, 5.74) is 0. The highest BCUT2D eigenvalue weighted by Crippen LogP contribution is 2.24. The predicted octanol–water partition coefficient (Wildman–Crippen LogP) is 0.574. The van der Waals surface area contributed by atoms with E-state index < -0.39 is 10.8 Å². The molecule has 0 saturated carbocycles. The Morgan fingerprint density at radius 1 is 1.50 bits per heavy atom. The Morgan fingerprint density at radius 2 is 2.06 bits per heavy atom. The van der Waals surface area contributed by atoms with Crippen LogP contribution in [0.4, 0.5) is 0 Å². The van der Waals surface area contributed by atoms with Gasteiger partial charge in [0, 0.05) is 21.0 Å². The maximum Gasteiger partial charge on any atom is 0.273 e. The van der Waals surface area contributed by atoms with Crippen LogP contribution in [-0.4, -0.2) is 41.4 Å². The van der Waals surface area contributed by atoms with E-state index in [-0.39, 0.29) is 5.91 Å². The van der Waals surface area contributed by atoms with Crippen LogP contribution in [0.5, 0.6) is 0 Å². The number of nitrogens with one attached hydrogen (secondary N) is 1. The smallest absolute Gasteiger partial charge is 0.273 e. The van der Waals surface area contributed by atoms with E-state index in [0.717, 1.165) is 18.2 Å². The molecule has 2 amide bonds. The molecule has 0 aromatic carbocycles. The number of hydrogen-bond acceptors (Lipinski definition) is 4. The van der Waals surface area contributed by atoms with E-state index in [1.807, 2.05) is 13.0 Å². The summed E-state index contributed by atoms with van der Waals surface area (Å²) in [5.74, 6) is -0.169. The second-order valence-corrected chi connectivity index (χ2v) is 4.83. The molecule has 6 heteroatoms. The van der Waals surface area contributed by atoms with Crippen LogP contribution < -0.4 is 5.32 Å². The van der Waals surface area contributed by atoms with Gasteiger partial charge in [-0.15, -0.1) is 11.8 Å². The van der Waals surface area contributed by atoms with Gasteiger partial charge in [0.05, 0.1) is 0 Å². The maximum atomic E-state index is 11.9. The molecule has 0 rings (SSSR count). The highest BCUT2D eigenvalue weighted by Gasteiger charge is 2.41. The zero-order valence-electron chi connectivity index (χ0n) is 10.0. The zero-order valence-corrected chi connectivity index (χ0v) is 10.8. The molecule has 16 heavy (non-hydrogen) atoms. The third-order valence-electron chi connectivity index (χ3n) is 1.74. The molecule has 0 radical (unpaired) electrons. The van der Waals surface area contributed by atoms with Gasteiger partial charge in [-0.05, 0) is 12.2 Å². The van der Waals surface area contributed by atoms with Crippen molar-refractivity contribution in [2.24, 2.45) is 0 Å². The van der Waals surface area contributed by atoms with Crippen molar-refractivity contribution in [2.45, 2.75) is 25.1 Å². The van der Waals surface area contributed by atoms with E-state index in [0.29, 0.717) is 5.75 Å². The molecule has 90 valence electrons. The van der Waals surface area contributed by atoms with Crippen LogP contribution in [0.3, 0.4) is 0 Å². The fourth-order valence-electron chi connectivity index (χ4n) is 1.08. The number of hydrogen-bond donors (Lipinski definition) is 1. The minimum Gasteiger partial charge on any atom is -0.345 e. The van der Waals surface area contributed by atoms with Gasteiger partial charge in [-0.1, -0.05) is 6.92 Å². The van der Waals surface area contributed by atoms with E-state index >= 15 is 0 Å². The molecule has 5 nitrogen and oxygen atoms in total. The zero-order chi connectivity index (χ0) is 12.8. The van der Waals surface area contributed by atoms with Crippen LogP contribution in [0.25, 0.3) is 0 Å². The lowest BCUT2D eigenvalue weighted by atomic mass is 10.2. The number of thioether (sulfide) groups is 1. The molecular weight excluding hydrogens is 226 g/mol. The highest BCUT2D eigenvalue weighted by molar-refractivity contribution is 8.01. The maximum absolute atomic E-state index is 11.9. The normalized spacial score (nSPS) is 13.4. The Kier molecular flexibility index (Phi) is 5.89. The summed E-state index contributed by atoms with van der Waals surface area (Å²) in [5, 5.41) is 11.6. The topological polar surface area (TPSA) is 73.2 Å². The van der Waals surface area contributed by atoms with E-state index in [1.165, 1.54) is 11.8 Å². The summed E-state index contributed by atoms with van der Waals surface area (Å²) < 4.78 is 0. The number of carbonyl (C=O) groups excluding carboxylic acids is 2. The average Bonchev–Trinajstić information content (AvgIpc) is 2.22. The Bertz CT molecular complexity index is 312. The first-order valence-electron chi connectivity index (χ1n) is 4.95. The molecule has 0 saturated heterocycles. The molecule has 0 fully saturated rings. The standard InChI is InChI=1S/C10H17N3O2S/c1-5-6-16-10(7-11,12-8(2)14)9(15)13(3)4/h5-6H2,1-4H3,(H,12,14). The van der Waals surface area contributed by atoms with Crippen LogP contribution in [-0.2, 0) is 9.59 Å². The van der Waals surface area contributed by atoms with Crippen LogP contribution in [0.1, 0.15) is 20.3 Å². The van der Waals surface area contributed by atoms with E-state index in [2.05, 4.69) is 5.32 Å². The first-order chi connectivity index (χ1) is 7.39. The first-order valence-corrected chi connectivity index (χ1v) is 5.94. The van der Waals surface area contributed by atoms with Gasteiger partial charge in [0.1, 0.15) is 6.07 Å². The van der Waals surface area contributed by atoms with Crippen molar-refractivity contribution in [2.75, 3.05) is 19.8 Å². The highest BCUT2D eigenvalue weighted by atomic mass is 32.2. The summed E-state index contributed by atoms with van der Waals surface area (Å²) >= 11 is 1.15. The van der Waals surface area contributed by atoms with Crippen molar-refractivity contribution < 1.29 is 9.59 Å². The number of nitrogens with zero attached hydrogens (tertiary/aromatic N) is 2. The number of carbonyl (C=O) groups is 2. The number of rotatable bonds is 5.